The molecule has 1 aliphatic heterocycles. The lowest BCUT2D eigenvalue weighted by molar-refractivity contribution is -0.137. The number of nitrogens with zero attached hydrogens (tertiary/aromatic N) is 3. The van der Waals surface area contributed by atoms with Crippen LogP contribution in [-0.2, 0) is 30.8 Å². The van der Waals surface area contributed by atoms with Crippen LogP contribution in [0.3, 0.4) is 0 Å². The number of halogens is 2. The fraction of sp³-hybridized carbons (Fsp3) is 0.250. The first-order chi connectivity index (χ1) is 15.8. The highest BCUT2D eigenvalue weighted by Gasteiger charge is 2.29. The summed E-state index contributed by atoms with van der Waals surface area (Å²) in [5.41, 5.74) is 3.89. The lowest BCUT2D eigenvalue weighted by Crippen LogP contribution is -2.29. The van der Waals surface area contributed by atoms with Gasteiger partial charge in [0.25, 0.3) is 0 Å². The molecule has 1 aliphatic rings. The quantitative estimate of drug-likeness (QED) is 0.394. The van der Waals surface area contributed by atoms with E-state index in [-0.39, 0.29) is 43.3 Å². The number of carboxylic acids is 1. The number of hydrogen-bond donors (Lipinski definition) is 2. The van der Waals surface area contributed by atoms with Crippen molar-refractivity contribution in [3.8, 4) is 5.88 Å². The molecule has 33 heavy (non-hydrogen) atoms. The van der Waals surface area contributed by atoms with Crippen molar-refractivity contribution in [3.63, 3.8) is 0 Å². The number of hydrogen-bond acceptors (Lipinski definition) is 3. The number of carbonyl (C=O) groups is 1. The van der Waals surface area contributed by atoms with Gasteiger partial charge in [0.1, 0.15) is 5.82 Å². The summed E-state index contributed by atoms with van der Waals surface area (Å²) in [6, 6.07) is 11.9. The van der Waals surface area contributed by atoms with Crippen molar-refractivity contribution in [3.05, 3.63) is 86.3 Å². The Balaban J connectivity index is 1.59. The van der Waals surface area contributed by atoms with Crippen molar-refractivity contribution in [2.45, 2.75) is 38.9 Å². The molecule has 0 saturated carbocycles. The molecule has 9 heteroatoms. The van der Waals surface area contributed by atoms with Gasteiger partial charge in [0, 0.05) is 42.0 Å². The zero-order valence-corrected chi connectivity index (χ0v) is 18.3. The summed E-state index contributed by atoms with van der Waals surface area (Å²) in [5, 5.41) is 21.2. The van der Waals surface area contributed by atoms with Gasteiger partial charge in [0.2, 0.25) is 5.88 Å². The summed E-state index contributed by atoms with van der Waals surface area (Å²) in [6.07, 6.45) is 0.523. The number of rotatable bonds is 6. The molecule has 4 aromatic rings. The first kappa shape index (κ1) is 21.3. The Morgan fingerprint density at radius 2 is 1.85 bits per heavy atom. The van der Waals surface area contributed by atoms with Crippen molar-refractivity contribution >= 4 is 28.5 Å². The molecule has 0 radical (unpaired) electrons. The van der Waals surface area contributed by atoms with Crippen LogP contribution in [0.4, 0.5) is 4.39 Å². The lowest BCUT2D eigenvalue weighted by Gasteiger charge is -2.18. The lowest BCUT2D eigenvalue weighted by atomic mass is 10.0. The van der Waals surface area contributed by atoms with Gasteiger partial charge in [-0.05, 0) is 41.8 Å². The molecule has 0 saturated heterocycles. The second kappa shape index (κ2) is 8.12. The zero-order valence-electron chi connectivity index (χ0n) is 17.6. The highest BCUT2D eigenvalue weighted by Crippen LogP contribution is 2.36. The Bertz CT molecular complexity index is 1450. The van der Waals surface area contributed by atoms with Crippen molar-refractivity contribution < 1.29 is 19.4 Å². The highest BCUT2D eigenvalue weighted by atomic mass is 35.5. The van der Waals surface area contributed by atoms with Gasteiger partial charge < -0.3 is 14.8 Å². The van der Waals surface area contributed by atoms with Crippen molar-refractivity contribution in [1.82, 2.24) is 13.7 Å². The molecule has 0 fully saturated rings. The van der Waals surface area contributed by atoms with Crippen LogP contribution in [0.5, 0.6) is 5.88 Å². The summed E-state index contributed by atoms with van der Waals surface area (Å²) in [4.78, 5) is 23.9. The number of fused-ring (bicyclic) bond motifs is 4. The second-order valence-corrected chi connectivity index (χ2v) is 8.70. The van der Waals surface area contributed by atoms with E-state index < -0.39 is 5.97 Å². The zero-order chi connectivity index (χ0) is 23.3. The Kier molecular flexibility index (Phi) is 5.25. The Labute approximate surface area is 192 Å². The topological polar surface area (TPSA) is 89.4 Å². The minimum Gasteiger partial charge on any atom is -0.493 e. The molecule has 5 rings (SSSR count). The van der Waals surface area contributed by atoms with Crippen LogP contribution in [0, 0.1) is 5.82 Å². The first-order valence-electron chi connectivity index (χ1n) is 10.6. The maximum atomic E-state index is 13.4. The van der Waals surface area contributed by atoms with Crippen LogP contribution >= 0.6 is 11.6 Å². The summed E-state index contributed by atoms with van der Waals surface area (Å²) < 4.78 is 18.3. The van der Waals surface area contributed by atoms with Crippen molar-refractivity contribution in [2.75, 3.05) is 0 Å². The predicted molar refractivity (Wildman–Crippen MR) is 122 cm³/mol. The van der Waals surface area contributed by atoms with Crippen LogP contribution in [0.25, 0.3) is 10.9 Å². The molecule has 7 nitrogen and oxygen atoms in total. The average molecular weight is 470 g/mol. The molecule has 2 N–H and O–H groups in total. The van der Waals surface area contributed by atoms with Crippen molar-refractivity contribution in [1.29, 1.82) is 0 Å². The molecule has 0 aliphatic carbocycles. The number of aromatic nitrogens is 3. The van der Waals surface area contributed by atoms with Crippen LogP contribution in [0.1, 0.15) is 35.4 Å². The molecule has 0 amide bonds. The van der Waals surface area contributed by atoms with Crippen LogP contribution < -0.4 is 5.69 Å². The fourth-order valence-electron chi connectivity index (χ4n) is 4.65. The molecular formula is C24H21ClFN3O4. The van der Waals surface area contributed by atoms with Gasteiger partial charge in [-0.2, -0.15) is 0 Å². The number of benzene rings is 2. The number of imidazole rings is 1. The van der Waals surface area contributed by atoms with Crippen LogP contribution in [0.2, 0.25) is 5.02 Å². The minimum absolute atomic E-state index is 0.0826. The summed E-state index contributed by atoms with van der Waals surface area (Å²) in [5.74, 6) is -1.37. The third-order valence-corrected chi connectivity index (χ3v) is 6.46. The molecule has 0 bridgehead atoms. The number of aromatic hydroxyl groups is 1. The molecule has 0 spiro atoms. The van der Waals surface area contributed by atoms with E-state index in [4.69, 9.17) is 16.7 Å². The molecule has 0 atom stereocenters. The van der Waals surface area contributed by atoms with Gasteiger partial charge in [-0.15, -0.1) is 0 Å². The average Bonchev–Trinajstić information content (AvgIpc) is 3.20. The normalized spacial score (nSPS) is 12.7. The fourth-order valence-corrected chi connectivity index (χ4v) is 4.82. The third-order valence-electron chi connectivity index (χ3n) is 6.23. The maximum Gasteiger partial charge on any atom is 0.331 e. The van der Waals surface area contributed by atoms with Crippen LogP contribution in [0.15, 0.2) is 47.3 Å². The van der Waals surface area contributed by atoms with E-state index in [0.29, 0.717) is 23.7 Å². The number of carboxylic acid groups (broad SMARTS) is 1. The van der Waals surface area contributed by atoms with Gasteiger partial charge >= 0.3 is 11.7 Å². The highest BCUT2D eigenvalue weighted by molar-refractivity contribution is 6.31. The second-order valence-electron chi connectivity index (χ2n) is 8.26. The minimum atomic E-state index is -0.946. The Morgan fingerprint density at radius 1 is 1.09 bits per heavy atom. The summed E-state index contributed by atoms with van der Waals surface area (Å²) in [7, 11) is 0. The molecule has 0 unspecified atom stereocenters. The first-order valence-corrected chi connectivity index (χ1v) is 11.0. The van der Waals surface area contributed by atoms with E-state index in [0.717, 1.165) is 27.7 Å². The van der Waals surface area contributed by atoms with E-state index in [9.17, 15) is 19.1 Å². The Hall–Kier alpha value is -3.52. The largest absolute Gasteiger partial charge is 0.493 e. The molecule has 3 heterocycles. The van der Waals surface area contributed by atoms with Gasteiger partial charge in [-0.25, -0.2) is 9.18 Å². The van der Waals surface area contributed by atoms with Gasteiger partial charge in [-0.3, -0.25) is 13.9 Å². The van der Waals surface area contributed by atoms with E-state index in [1.807, 2.05) is 18.2 Å². The monoisotopic (exact) mass is 469 g/mol. The molecule has 170 valence electrons. The summed E-state index contributed by atoms with van der Waals surface area (Å²) in [6.45, 7) is 0.867. The van der Waals surface area contributed by atoms with Crippen LogP contribution in [-0.4, -0.2) is 29.9 Å². The van der Waals surface area contributed by atoms with E-state index in [1.165, 1.54) is 16.7 Å². The molecule has 2 aromatic carbocycles. The maximum absolute atomic E-state index is 13.4. The van der Waals surface area contributed by atoms with Crippen molar-refractivity contribution in [2.24, 2.45) is 0 Å². The van der Waals surface area contributed by atoms with Gasteiger partial charge in [0.15, 0.2) is 0 Å². The molecular weight excluding hydrogens is 449 g/mol. The van der Waals surface area contributed by atoms with Gasteiger partial charge in [0.05, 0.1) is 17.8 Å². The third kappa shape index (κ3) is 3.70. The smallest absolute Gasteiger partial charge is 0.331 e. The standard InChI is InChI=1S/C24H21ClFN3O4/c25-15-5-8-17-18-11-20-23(32)27(9-1-2-22(30)31)24(33)29(20)13-21(18)28(19(17)10-15)12-14-3-6-16(26)7-4-14/h3-8,10,32H,1-2,9,11-13H2,(H,30,31). The van der Waals surface area contributed by atoms with Gasteiger partial charge in [-0.1, -0.05) is 29.8 Å². The predicted octanol–water partition coefficient (Wildman–Crippen LogP) is 3.97. The van der Waals surface area contributed by atoms with E-state index >= 15 is 0 Å². The Morgan fingerprint density at radius 3 is 2.58 bits per heavy atom. The van der Waals surface area contributed by atoms with E-state index in [1.54, 1.807) is 16.7 Å². The molecule has 2 aromatic heterocycles. The summed E-state index contributed by atoms with van der Waals surface area (Å²) >= 11 is 6.28. The SMILES string of the molecule is O=C(O)CCCn1c(O)c2n(c1=O)Cc1c(c3ccc(Cl)cc3n1Cc1ccc(F)cc1)C2. The van der Waals surface area contributed by atoms with E-state index in [2.05, 4.69) is 4.57 Å². The number of aliphatic carboxylic acids is 1.